The number of hydrogen-bond donors (Lipinski definition) is 1. The highest BCUT2D eigenvalue weighted by atomic mass is 32.1. The second-order valence-corrected chi connectivity index (χ2v) is 6.37. The molecule has 1 aliphatic heterocycles. The van der Waals surface area contributed by atoms with E-state index in [2.05, 4.69) is 16.6 Å². The van der Waals surface area contributed by atoms with Gasteiger partial charge in [0.05, 0.1) is 11.3 Å². The van der Waals surface area contributed by atoms with Crippen LogP contribution in [0, 0.1) is 12.8 Å². The Morgan fingerprint density at radius 3 is 2.95 bits per heavy atom. The van der Waals surface area contributed by atoms with Crippen LogP contribution in [-0.4, -0.2) is 35.3 Å². The summed E-state index contributed by atoms with van der Waals surface area (Å²) in [4.78, 5) is 14.8. The molecule has 1 amide bonds. The summed E-state index contributed by atoms with van der Waals surface area (Å²) in [5, 5.41) is 3.98. The van der Waals surface area contributed by atoms with Gasteiger partial charge in [0.2, 0.25) is 0 Å². The Kier molecular flexibility index (Phi) is 5.40. The topological polar surface area (TPSA) is 45.2 Å². The third-order valence-electron chi connectivity index (χ3n) is 4.14. The highest BCUT2D eigenvalue weighted by Gasteiger charge is 2.25. The van der Waals surface area contributed by atoms with Crippen molar-refractivity contribution in [3.8, 4) is 0 Å². The van der Waals surface area contributed by atoms with Gasteiger partial charge in [-0.25, -0.2) is 0 Å². The largest absolute Gasteiger partial charge is 0.378 e. The van der Waals surface area contributed by atoms with E-state index < -0.39 is 0 Å². The molecule has 0 aliphatic carbocycles. The molecular formula is C15H25N3OS. The minimum absolute atomic E-state index is 0.151. The monoisotopic (exact) mass is 295 g/mol. The summed E-state index contributed by atoms with van der Waals surface area (Å²) < 4.78 is 4.30. The first-order valence-electron chi connectivity index (χ1n) is 7.60. The maximum Gasteiger partial charge on any atom is 0.258 e. The Balaban J connectivity index is 2.07. The van der Waals surface area contributed by atoms with Crippen LogP contribution in [0.5, 0.6) is 0 Å². The number of nitrogens with zero attached hydrogens (tertiary/aromatic N) is 2. The van der Waals surface area contributed by atoms with Gasteiger partial charge >= 0.3 is 0 Å². The van der Waals surface area contributed by atoms with Gasteiger partial charge in [0.1, 0.15) is 5.00 Å². The number of aryl methyl sites for hydroxylation is 1. The van der Waals surface area contributed by atoms with Crippen molar-refractivity contribution in [2.45, 2.75) is 46.0 Å². The predicted molar refractivity (Wildman–Crippen MR) is 84.6 cm³/mol. The molecule has 1 fully saturated rings. The lowest BCUT2D eigenvalue weighted by Gasteiger charge is -2.21. The van der Waals surface area contributed by atoms with Gasteiger partial charge in [0.25, 0.3) is 5.91 Å². The summed E-state index contributed by atoms with van der Waals surface area (Å²) in [5.41, 5.74) is 1.62. The van der Waals surface area contributed by atoms with Crippen LogP contribution in [0.1, 0.15) is 55.1 Å². The second-order valence-electron chi connectivity index (χ2n) is 5.60. The molecule has 1 atom stereocenters. The Hall–Kier alpha value is -1.10. The summed E-state index contributed by atoms with van der Waals surface area (Å²) in [6.45, 7) is 5.94. The van der Waals surface area contributed by atoms with Crippen LogP contribution in [0.3, 0.4) is 0 Å². The number of rotatable bonds is 4. The van der Waals surface area contributed by atoms with Crippen molar-refractivity contribution < 1.29 is 4.79 Å². The minimum atomic E-state index is 0.151. The molecule has 1 saturated heterocycles. The van der Waals surface area contributed by atoms with Crippen LogP contribution in [0.2, 0.25) is 0 Å². The van der Waals surface area contributed by atoms with Gasteiger partial charge in [-0.15, -0.1) is 0 Å². The quantitative estimate of drug-likeness (QED) is 0.924. The van der Waals surface area contributed by atoms with Gasteiger partial charge in [-0.2, -0.15) is 4.37 Å². The van der Waals surface area contributed by atoms with E-state index in [1.165, 1.54) is 30.8 Å². The number of amides is 1. The molecule has 5 heteroatoms. The number of nitrogens with one attached hydrogen (secondary N) is 1. The number of anilines is 1. The molecule has 0 bridgehead atoms. The van der Waals surface area contributed by atoms with E-state index in [0.717, 1.165) is 48.1 Å². The second kappa shape index (κ2) is 7.07. The fraction of sp³-hybridized carbons (Fsp3) is 0.733. The third-order valence-corrected chi connectivity index (χ3v) is 5.09. The zero-order valence-corrected chi connectivity index (χ0v) is 13.6. The van der Waals surface area contributed by atoms with Crippen LogP contribution in [0.15, 0.2) is 0 Å². The molecule has 2 heterocycles. The Labute approximate surface area is 125 Å². The zero-order chi connectivity index (χ0) is 14.5. The highest BCUT2D eigenvalue weighted by Crippen LogP contribution is 2.28. The standard InChI is InChI=1S/C15H25N3OS/c1-4-6-12-7-5-9-18(10-8-12)15(19)13-11(2)17-20-14(13)16-3/h12,16H,4-10H2,1-3H3. The minimum Gasteiger partial charge on any atom is -0.378 e. The van der Waals surface area contributed by atoms with Crippen LogP contribution < -0.4 is 5.32 Å². The fourth-order valence-corrected chi connectivity index (χ4v) is 3.75. The fourth-order valence-electron chi connectivity index (χ4n) is 3.02. The van der Waals surface area contributed by atoms with Crippen molar-refractivity contribution in [2.24, 2.45) is 5.92 Å². The van der Waals surface area contributed by atoms with Crippen molar-refractivity contribution >= 4 is 22.4 Å². The summed E-state index contributed by atoms with van der Waals surface area (Å²) in [7, 11) is 1.85. The molecule has 0 spiro atoms. The van der Waals surface area contributed by atoms with Gasteiger partial charge in [-0.05, 0) is 43.6 Å². The van der Waals surface area contributed by atoms with Crippen molar-refractivity contribution in [2.75, 3.05) is 25.5 Å². The number of hydrogen-bond acceptors (Lipinski definition) is 4. The normalized spacial score (nSPS) is 19.8. The van der Waals surface area contributed by atoms with Crippen molar-refractivity contribution in [1.29, 1.82) is 0 Å². The maximum atomic E-state index is 12.7. The Morgan fingerprint density at radius 1 is 1.45 bits per heavy atom. The molecule has 0 aromatic carbocycles. The first-order valence-corrected chi connectivity index (χ1v) is 8.38. The smallest absolute Gasteiger partial charge is 0.258 e. The van der Waals surface area contributed by atoms with Crippen LogP contribution in [0.25, 0.3) is 0 Å². The van der Waals surface area contributed by atoms with E-state index in [0.29, 0.717) is 0 Å². The van der Waals surface area contributed by atoms with Gasteiger partial charge in [-0.3, -0.25) is 4.79 Å². The van der Waals surface area contributed by atoms with E-state index in [1.54, 1.807) is 0 Å². The Bertz CT molecular complexity index is 458. The lowest BCUT2D eigenvalue weighted by atomic mass is 9.96. The number of carbonyl (C=O) groups excluding carboxylic acids is 1. The average Bonchev–Trinajstić information content (AvgIpc) is 2.67. The Morgan fingerprint density at radius 2 is 2.25 bits per heavy atom. The van der Waals surface area contributed by atoms with Gasteiger partial charge in [0.15, 0.2) is 0 Å². The zero-order valence-electron chi connectivity index (χ0n) is 12.7. The highest BCUT2D eigenvalue weighted by molar-refractivity contribution is 7.10. The number of likely N-dealkylation sites (tertiary alicyclic amines) is 1. The molecular weight excluding hydrogens is 270 g/mol. The summed E-state index contributed by atoms with van der Waals surface area (Å²) in [5.74, 6) is 0.945. The lowest BCUT2D eigenvalue weighted by Crippen LogP contribution is -2.32. The number of aromatic nitrogens is 1. The molecule has 1 aromatic heterocycles. The third kappa shape index (κ3) is 3.32. The van der Waals surface area contributed by atoms with Crippen LogP contribution >= 0.6 is 11.5 Å². The van der Waals surface area contributed by atoms with Crippen molar-refractivity contribution in [3.05, 3.63) is 11.3 Å². The lowest BCUT2D eigenvalue weighted by molar-refractivity contribution is 0.0760. The molecule has 2 rings (SSSR count). The van der Waals surface area contributed by atoms with Crippen molar-refractivity contribution in [3.63, 3.8) is 0 Å². The molecule has 1 aliphatic rings. The average molecular weight is 295 g/mol. The molecule has 1 unspecified atom stereocenters. The van der Waals surface area contributed by atoms with E-state index in [9.17, 15) is 4.79 Å². The molecule has 4 nitrogen and oxygen atoms in total. The van der Waals surface area contributed by atoms with E-state index in [4.69, 9.17) is 0 Å². The van der Waals surface area contributed by atoms with Crippen molar-refractivity contribution in [1.82, 2.24) is 9.27 Å². The summed E-state index contributed by atoms with van der Waals surface area (Å²) in [6.07, 6.45) is 6.07. The first-order chi connectivity index (χ1) is 9.67. The molecule has 20 heavy (non-hydrogen) atoms. The molecule has 0 radical (unpaired) electrons. The van der Waals surface area contributed by atoms with E-state index >= 15 is 0 Å². The molecule has 1 N–H and O–H groups in total. The summed E-state index contributed by atoms with van der Waals surface area (Å²) >= 11 is 1.37. The number of carbonyl (C=O) groups is 1. The van der Waals surface area contributed by atoms with E-state index in [-0.39, 0.29) is 5.91 Å². The van der Waals surface area contributed by atoms with Gasteiger partial charge < -0.3 is 10.2 Å². The van der Waals surface area contributed by atoms with E-state index in [1.807, 2.05) is 18.9 Å². The first kappa shape index (κ1) is 15.3. The molecule has 0 saturated carbocycles. The van der Waals surface area contributed by atoms with Gasteiger partial charge in [0, 0.05) is 20.1 Å². The molecule has 112 valence electrons. The SMILES string of the molecule is CCCC1CCCN(C(=O)c2c(C)nsc2NC)CC1. The predicted octanol–water partition coefficient (Wildman–Crippen LogP) is 3.54. The maximum absolute atomic E-state index is 12.7. The molecule has 1 aromatic rings. The van der Waals surface area contributed by atoms with Gasteiger partial charge in [-0.1, -0.05) is 19.8 Å². The van der Waals surface area contributed by atoms with Crippen LogP contribution in [-0.2, 0) is 0 Å². The summed E-state index contributed by atoms with van der Waals surface area (Å²) in [6, 6.07) is 0. The van der Waals surface area contributed by atoms with Crippen LogP contribution in [0.4, 0.5) is 5.00 Å².